The minimum Gasteiger partial charge on any atom is -0.369 e. The Morgan fingerprint density at radius 3 is 2.50 bits per heavy atom. The normalized spacial score (nSPS) is 9.20. The van der Waals surface area contributed by atoms with E-state index in [0.29, 0.717) is 12.5 Å². The second kappa shape index (κ2) is 6.64. The maximum absolute atomic E-state index is 5.04. The van der Waals surface area contributed by atoms with Crippen LogP contribution in [0.15, 0.2) is 0 Å². The van der Waals surface area contributed by atoms with Gasteiger partial charge in [0.25, 0.3) is 0 Å². The Balaban J connectivity index is 3.14. The van der Waals surface area contributed by atoms with Gasteiger partial charge in [-0.2, -0.15) is 0 Å². The molecule has 0 aliphatic heterocycles. The molecule has 0 unspecified atom stereocenters. The van der Waals surface area contributed by atoms with Gasteiger partial charge in [-0.3, -0.25) is 0 Å². The van der Waals surface area contributed by atoms with E-state index in [1.165, 1.54) is 0 Å². The van der Waals surface area contributed by atoms with Crippen molar-refractivity contribution in [3.63, 3.8) is 0 Å². The molecule has 0 rings (SSSR count). The second-order valence-electron chi connectivity index (χ2n) is 2.59. The van der Waals surface area contributed by atoms with Gasteiger partial charge in [-0.05, 0) is 12.8 Å². The van der Waals surface area contributed by atoms with Crippen LogP contribution in [-0.2, 0) is 4.74 Å². The quantitative estimate of drug-likeness (QED) is 0.431. The van der Waals surface area contributed by atoms with E-state index in [1.807, 2.05) is 6.92 Å². The van der Waals surface area contributed by atoms with Gasteiger partial charge in [0.05, 0.1) is 0 Å². The van der Waals surface area contributed by atoms with Crippen LogP contribution in [0.4, 0.5) is 0 Å². The monoisotopic (exact) mass is 140 g/mol. The highest BCUT2D eigenvalue weighted by atomic mass is 16.5. The van der Waals surface area contributed by atoms with Crippen molar-refractivity contribution in [2.75, 3.05) is 13.2 Å². The molecule has 1 heteroatoms. The first-order valence-electron chi connectivity index (χ1n) is 3.80. The SMILES string of the molecule is CCOCC#CCC(C)C. The summed E-state index contributed by atoms with van der Waals surface area (Å²) in [6.07, 6.45) is 0.979. The molecule has 0 fully saturated rings. The third-order valence-electron chi connectivity index (χ3n) is 1.01. The maximum atomic E-state index is 5.04. The molecule has 0 aliphatic carbocycles. The number of hydrogen-bond donors (Lipinski definition) is 0. The van der Waals surface area contributed by atoms with Gasteiger partial charge in [0, 0.05) is 13.0 Å². The van der Waals surface area contributed by atoms with Crippen molar-refractivity contribution in [2.45, 2.75) is 27.2 Å². The van der Waals surface area contributed by atoms with Crippen molar-refractivity contribution in [3.05, 3.63) is 0 Å². The molecule has 10 heavy (non-hydrogen) atoms. The molecule has 0 bridgehead atoms. The summed E-state index contributed by atoms with van der Waals surface area (Å²) in [7, 11) is 0. The van der Waals surface area contributed by atoms with Gasteiger partial charge in [0.15, 0.2) is 0 Å². The Bertz CT molecular complexity index is 116. The van der Waals surface area contributed by atoms with Gasteiger partial charge in [0.2, 0.25) is 0 Å². The predicted octanol–water partition coefficient (Wildman–Crippen LogP) is 2.07. The van der Waals surface area contributed by atoms with Crippen LogP contribution < -0.4 is 0 Å². The molecule has 0 N–H and O–H groups in total. The van der Waals surface area contributed by atoms with Crippen molar-refractivity contribution < 1.29 is 4.74 Å². The first-order chi connectivity index (χ1) is 4.77. The summed E-state index contributed by atoms with van der Waals surface area (Å²) >= 11 is 0. The molecule has 0 spiro atoms. The Kier molecular flexibility index (Phi) is 6.32. The van der Waals surface area contributed by atoms with Crippen molar-refractivity contribution in [2.24, 2.45) is 5.92 Å². The lowest BCUT2D eigenvalue weighted by atomic mass is 10.1. The van der Waals surface area contributed by atoms with Crippen LogP contribution in [-0.4, -0.2) is 13.2 Å². The predicted molar refractivity (Wildman–Crippen MR) is 43.7 cm³/mol. The first-order valence-corrected chi connectivity index (χ1v) is 3.80. The van der Waals surface area contributed by atoms with Gasteiger partial charge < -0.3 is 4.74 Å². The Morgan fingerprint density at radius 1 is 1.30 bits per heavy atom. The average Bonchev–Trinajstić information content (AvgIpc) is 1.87. The van der Waals surface area contributed by atoms with Crippen LogP contribution in [0.3, 0.4) is 0 Å². The fourth-order valence-corrected chi connectivity index (χ4v) is 0.480. The van der Waals surface area contributed by atoms with Crippen LogP contribution in [0.5, 0.6) is 0 Å². The van der Waals surface area contributed by atoms with Crippen molar-refractivity contribution in [3.8, 4) is 11.8 Å². The number of ether oxygens (including phenoxy) is 1. The molecule has 0 aromatic heterocycles. The Morgan fingerprint density at radius 2 is 2.00 bits per heavy atom. The molecule has 0 aliphatic rings. The zero-order valence-electron chi connectivity index (χ0n) is 7.11. The maximum Gasteiger partial charge on any atom is 0.107 e. The lowest BCUT2D eigenvalue weighted by Crippen LogP contribution is -1.89. The van der Waals surface area contributed by atoms with E-state index >= 15 is 0 Å². The van der Waals surface area contributed by atoms with Crippen LogP contribution in [0.1, 0.15) is 27.2 Å². The lowest BCUT2D eigenvalue weighted by Gasteiger charge is -1.93. The van der Waals surface area contributed by atoms with E-state index in [0.717, 1.165) is 13.0 Å². The van der Waals surface area contributed by atoms with Gasteiger partial charge in [-0.25, -0.2) is 0 Å². The highest BCUT2D eigenvalue weighted by Gasteiger charge is 1.85. The molecule has 0 heterocycles. The second-order valence-corrected chi connectivity index (χ2v) is 2.59. The highest BCUT2D eigenvalue weighted by Crippen LogP contribution is 1.95. The first kappa shape index (κ1) is 9.52. The van der Waals surface area contributed by atoms with Gasteiger partial charge in [-0.1, -0.05) is 19.8 Å². The molecule has 0 saturated carbocycles. The zero-order valence-corrected chi connectivity index (χ0v) is 7.11. The molecule has 0 aromatic rings. The summed E-state index contributed by atoms with van der Waals surface area (Å²) in [6, 6.07) is 0. The smallest absolute Gasteiger partial charge is 0.107 e. The van der Waals surface area contributed by atoms with E-state index in [9.17, 15) is 0 Å². The summed E-state index contributed by atoms with van der Waals surface area (Å²) in [5, 5.41) is 0. The molecule has 0 saturated heterocycles. The fraction of sp³-hybridized carbons (Fsp3) is 0.778. The third-order valence-corrected chi connectivity index (χ3v) is 1.01. The van der Waals surface area contributed by atoms with Crippen LogP contribution >= 0.6 is 0 Å². The summed E-state index contributed by atoms with van der Waals surface area (Å²) in [5.41, 5.74) is 0. The zero-order chi connectivity index (χ0) is 7.82. The molecule has 1 nitrogen and oxygen atoms in total. The van der Waals surface area contributed by atoms with E-state index in [2.05, 4.69) is 25.7 Å². The number of hydrogen-bond acceptors (Lipinski definition) is 1. The van der Waals surface area contributed by atoms with E-state index in [1.54, 1.807) is 0 Å². The Hall–Kier alpha value is -0.480. The summed E-state index contributed by atoms with van der Waals surface area (Å²) in [5.74, 6) is 6.67. The summed E-state index contributed by atoms with van der Waals surface area (Å²) in [6.45, 7) is 7.65. The standard InChI is InChI=1S/C9H16O/c1-4-10-8-6-5-7-9(2)3/h9H,4,7-8H2,1-3H3. The fourth-order valence-electron chi connectivity index (χ4n) is 0.480. The van der Waals surface area contributed by atoms with E-state index in [4.69, 9.17) is 4.74 Å². The van der Waals surface area contributed by atoms with Crippen molar-refractivity contribution >= 4 is 0 Å². The molecular weight excluding hydrogens is 124 g/mol. The minimum absolute atomic E-state index is 0.587. The highest BCUT2D eigenvalue weighted by molar-refractivity contribution is 4.99. The largest absolute Gasteiger partial charge is 0.369 e. The molecule has 0 atom stereocenters. The molecule has 0 amide bonds. The summed E-state index contributed by atoms with van der Waals surface area (Å²) in [4.78, 5) is 0. The van der Waals surface area contributed by atoms with Crippen molar-refractivity contribution in [1.82, 2.24) is 0 Å². The summed E-state index contributed by atoms with van der Waals surface area (Å²) < 4.78 is 5.04. The molecule has 58 valence electrons. The lowest BCUT2D eigenvalue weighted by molar-refractivity contribution is 0.182. The van der Waals surface area contributed by atoms with Crippen molar-refractivity contribution in [1.29, 1.82) is 0 Å². The van der Waals surface area contributed by atoms with E-state index in [-0.39, 0.29) is 0 Å². The van der Waals surface area contributed by atoms with E-state index < -0.39 is 0 Å². The third kappa shape index (κ3) is 7.52. The topological polar surface area (TPSA) is 9.23 Å². The number of rotatable bonds is 3. The average molecular weight is 140 g/mol. The molecule has 0 aromatic carbocycles. The minimum atomic E-state index is 0.587. The van der Waals surface area contributed by atoms with Crippen LogP contribution in [0.25, 0.3) is 0 Å². The van der Waals surface area contributed by atoms with Crippen LogP contribution in [0.2, 0.25) is 0 Å². The van der Waals surface area contributed by atoms with Gasteiger partial charge in [0.1, 0.15) is 6.61 Å². The van der Waals surface area contributed by atoms with Gasteiger partial charge in [-0.15, -0.1) is 5.92 Å². The molecule has 0 radical (unpaired) electrons. The van der Waals surface area contributed by atoms with Crippen LogP contribution in [0, 0.1) is 17.8 Å². The Labute approximate surface area is 63.8 Å². The molecular formula is C9H16O. The van der Waals surface area contributed by atoms with Gasteiger partial charge >= 0.3 is 0 Å².